The molecule has 232 valence electrons. The fraction of sp³-hybridized carbons (Fsp3) is 0.361. The summed E-state index contributed by atoms with van der Waals surface area (Å²) in [5.41, 5.74) is 1.82. The van der Waals surface area contributed by atoms with Crippen molar-refractivity contribution >= 4 is 34.7 Å². The van der Waals surface area contributed by atoms with Gasteiger partial charge in [-0.1, -0.05) is 54.6 Å². The summed E-state index contributed by atoms with van der Waals surface area (Å²) in [6, 6.07) is 23.5. The quantitative estimate of drug-likeness (QED) is 0.230. The van der Waals surface area contributed by atoms with E-state index >= 15 is 0 Å². The van der Waals surface area contributed by atoms with Crippen molar-refractivity contribution in [3.8, 4) is 0 Å². The molecule has 0 fully saturated rings. The summed E-state index contributed by atoms with van der Waals surface area (Å²) in [6.45, 7) is 12.1. The normalized spacial score (nSPS) is 16.3. The van der Waals surface area contributed by atoms with Crippen LogP contribution in [0.2, 0.25) is 0 Å². The van der Waals surface area contributed by atoms with Crippen LogP contribution in [-0.4, -0.2) is 53.9 Å². The molecule has 1 unspecified atom stereocenters. The molecule has 1 N–H and O–H groups in total. The lowest BCUT2D eigenvalue weighted by atomic mass is 9.88. The lowest BCUT2D eigenvalue weighted by molar-refractivity contribution is -0.154. The summed E-state index contributed by atoms with van der Waals surface area (Å²) in [5, 5.41) is 11.8. The Labute approximate surface area is 259 Å². The molecule has 4 rings (SSSR count). The number of carbonyl (C=O) groups excluding carboxylic acids is 3. The van der Waals surface area contributed by atoms with E-state index < -0.39 is 34.7 Å². The molecule has 1 atom stereocenters. The molecule has 0 saturated carbocycles. The highest BCUT2D eigenvalue weighted by atomic mass is 16.6. The van der Waals surface area contributed by atoms with E-state index in [2.05, 4.69) is 0 Å². The van der Waals surface area contributed by atoms with Crippen molar-refractivity contribution in [2.75, 3.05) is 24.6 Å². The molecule has 0 spiro atoms. The molecule has 8 nitrogen and oxygen atoms in total. The van der Waals surface area contributed by atoms with Gasteiger partial charge in [-0.15, -0.1) is 0 Å². The van der Waals surface area contributed by atoms with E-state index in [1.54, 1.807) is 89.8 Å². The summed E-state index contributed by atoms with van der Waals surface area (Å²) < 4.78 is 16.8. The van der Waals surface area contributed by atoms with Crippen molar-refractivity contribution in [2.24, 2.45) is 0 Å². The number of ether oxygens (including phenoxy) is 3. The molecule has 1 aliphatic rings. The van der Waals surface area contributed by atoms with Crippen LogP contribution in [-0.2, 0) is 29.4 Å². The first-order valence-corrected chi connectivity index (χ1v) is 14.6. The van der Waals surface area contributed by atoms with Gasteiger partial charge in [0.1, 0.15) is 36.5 Å². The van der Waals surface area contributed by atoms with E-state index in [1.807, 2.05) is 42.5 Å². The van der Waals surface area contributed by atoms with E-state index in [-0.39, 0.29) is 19.7 Å². The molecule has 8 heteroatoms. The summed E-state index contributed by atoms with van der Waals surface area (Å²) in [6.07, 6.45) is 0. The Bertz CT molecular complexity index is 1510. The molecule has 0 heterocycles. The molecule has 0 amide bonds. The van der Waals surface area contributed by atoms with Crippen LogP contribution in [0.5, 0.6) is 0 Å². The van der Waals surface area contributed by atoms with Gasteiger partial charge in [0, 0.05) is 16.8 Å². The second-order valence-electron chi connectivity index (χ2n) is 13.0. The van der Waals surface area contributed by atoms with Gasteiger partial charge in [-0.2, -0.15) is 0 Å². The smallest absolute Gasteiger partial charge is 0.338 e. The van der Waals surface area contributed by atoms with Gasteiger partial charge in [0.15, 0.2) is 0 Å². The molecular formula is C36H41NO7. The van der Waals surface area contributed by atoms with Crippen molar-refractivity contribution in [2.45, 2.75) is 65.3 Å². The van der Waals surface area contributed by atoms with Crippen LogP contribution in [0.4, 0.5) is 5.69 Å². The zero-order valence-electron chi connectivity index (χ0n) is 26.5. The second-order valence-corrected chi connectivity index (χ2v) is 13.0. The molecule has 0 saturated heterocycles. The summed E-state index contributed by atoms with van der Waals surface area (Å²) in [5.74, 6) is -1.43. The highest BCUT2D eigenvalue weighted by molar-refractivity contribution is 6.02. The van der Waals surface area contributed by atoms with E-state index in [0.717, 1.165) is 5.56 Å². The Hall–Kier alpha value is -4.43. The van der Waals surface area contributed by atoms with Crippen LogP contribution in [0, 0.1) is 0 Å². The maximum Gasteiger partial charge on any atom is 0.338 e. The molecule has 0 bridgehead atoms. The number of anilines is 1. The number of fused-ring (bicyclic) bond motifs is 1. The number of rotatable bonds is 9. The fourth-order valence-corrected chi connectivity index (χ4v) is 5.27. The highest BCUT2D eigenvalue weighted by Gasteiger charge is 2.40. The lowest BCUT2D eigenvalue weighted by Gasteiger charge is -2.28. The van der Waals surface area contributed by atoms with Gasteiger partial charge in [0.25, 0.3) is 0 Å². The molecular weight excluding hydrogens is 558 g/mol. The van der Waals surface area contributed by atoms with Crippen LogP contribution < -0.4 is 4.90 Å². The number of hydrogen-bond acceptors (Lipinski definition) is 8. The summed E-state index contributed by atoms with van der Waals surface area (Å²) in [7, 11) is 0. The third kappa shape index (κ3) is 7.94. The van der Waals surface area contributed by atoms with E-state index in [0.29, 0.717) is 33.5 Å². The molecule has 0 aliphatic heterocycles. The summed E-state index contributed by atoms with van der Waals surface area (Å²) in [4.78, 5) is 39.9. The van der Waals surface area contributed by atoms with Gasteiger partial charge in [-0.3, -0.25) is 9.59 Å². The average Bonchev–Trinajstić information content (AvgIpc) is 3.16. The van der Waals surface area contributed by atoms with E-state index in [1.165, 1.54) is 0 Å². The first-order valence-electron chi connectivity index (χ1n) is 14.6. The maximum absolute atomic E-state index is 12.8. The zero-order valence-corrected chi connectivity index (χ0v) is 26.5. The van der Waals surface area contributed by atoms with Crippen molar-refractivity contribution in [1.82, 2.24) is 0 Å². The largest absolute Gasteiger partial charge is 0.459 e. The third-order valence-electron chi connectivity index (χ3n) is 6.92. The van der Waals surface area contributed by atoms with E-state index in [9.17, 15) is 19.5 Å². The minimum atomic E-state index is -1.36. The first kappa shape index (κ1) is 32.5. The maximum atomic E-state index is 12.8. The minimum absolute atomic E-state index is 0.0403. The second kappa shape index (κ2) is 12.7. The molecule has 44 heavy (non-hydrogen) atoms. The Kier molecular flexibility index (Phi) is 9.35. The van der Waals surface area contributed by atoms with Crippen LogP contribution >= 0.6 is 0 Å². The summed E-state index contributed by atoms with van der Waals surface area (Å²) >= 11 is 0. The predicted octanol–water partition coefficient (Wildman–Crippen LogP) is 6.17. The molecule has 1 aliphatic carbocycles. The van der Waals surface area contributed by atoms with Gasteiger partial charge in [-0.25, -0.2) is 4.79 Å². The monoisotopic (exact) mass is 599 g/mol. The van der Waals surface area contributed by atoms with Crippen LogP contribution in [0.15, 0.2) is 78.9 Å². The van der Waals surface area contributed by atoms with Gasteiger partial charge >= 0.3 is 17.9 Å². The fourth-order valence-electron chi connectivity index (χ4n) is 5.27. The number of esters is 3. The number of aliphatic hydroxyl groups is 1. The standard InChI is InChI=1S/C36H41NO7/c1-34(2,3)43-30(38)21-37(22-31(39)44-35(4,5)6)26-19-17-24(18-20-26)32-28(23-42-33(40)25-13-9-8-10-14-25)27-15-11-12-16-29(27)36(32,7)41/h8-20,41H,21-23H2,1-7H3. The van der Waals surface area contributed by atoms with Gasteiger partial charge in [-0.05, 0) is 89.4 Å². The Morgan fingerprint density at radius 2 is 1.27 bits per heavy atom. The topological polar surface area (TPSA) is 102 Å². The van der Waals surface area contributed by atoms with Gasteiger partial charge in [0.2, 0.25) is 0 Å². The molecule has 3 aromatic carbocycles. The number of carbonyl (C=O) groups is 3. The number of hydrogen-bond donors (Lipinski definition) is 1. The predicted molar refractivity (Wildman–Crippen MR) is 170 cm³/mol. The highest BCUT2D eigenvalue weighted by Crippen LogP contribution is 2.49. The average molecular weight is 600 g/mol. The van der Waals surface area contributed by atoms with E-state index in [4.69, 9.17) is 14.2 Å². The van der Waals surface area contributed by atoms with Crippen LogP contribution in [0.3, 0.4) is 0 Å². The van der Waals surface area contributed by atoms with Crippen molar-refractivity contribution in [3.63, 3.8) is 0 Å². The van der Waals surface area contributed by atoms with Gasteiger partial charge < -0.3 is 24.2 Å². The van der Waals surface area contributed by atoms with Crippen LogP contribution in [0.25, 0.3) is 11.1 Å². The van der Waals surface area contributed by atoms with Crippen molar-refractivity contribution < 1.29 is 33.7 Å². The Balaban J connectivity index is 1.67. The number of nitrogens with zero attached hydrogens (tertiary/aromatic N) is 1. The molecule has 0 aromatic heterocycles. The minimum Gasteiger partial charge on any atom is -0.459 e. The first-order chi connectivity index (χ1) is 20.5. The molecule has 3 aromatic rings. The lowest BCUT2D eigenvalue weighted by Crippen LogP contribution is -2.40. The third-order valence-corrected chi connectivity index (χ3v) is 6.92. The van der Waals surface area contributed by atoms with Crippen molar-refractivity contribution in [1.29, 1.82) is 0 Å². The van der Waals surface area contributed by atoms with Crippen molar-refractivity contribution in [3.05, 3.63) is 101 Å². The zero-order chi connectivity index (χ0) is 32.3. The SMILES string of the molecule is CC(C)(C)OC(=O)CN(CC(=O)OC(C)(C)C)c1ccc(C2=C(COC(=O)c3ccccc3)c3ccccc3C2(C)O)cc1. The van der Waals surface area contributed by atoms with Crippen LogP contribution in [0.1, 0.15) is 75.5 Å². The molecule has 0 radical (unpaired) electrons. The van der Waals surface area contributed by atoms with Gasteiger partial charge in [0.05, 0.1) is 5.56 Å². The number of benzene rings is 3. The Morgan fingerprint density at radius 3 is 1.82 bits per heavy atom. The Morgan fingerprint density at radius 1 is 0.750 bits per heavy atom.